The Labute approximate surface area is 124 Å². The molecule has 3 heteroatoms. The Balaban J connectivity index is 2.14. The number of nitriles is 1. The summed E-state index contributed by atoms with van der Waals surface area (Å²) in [7, 11) is 0. The lowest BCUT2D eigenvalue weighted by atomic mass is 10.1. The van der Waals surface area contributed by atoms with Crippen LogP contribution in [0.25, 0.3) is 6.08 Å². The van der Waals surface area contributed by atoms with Crippen LogP contribution in [0.5, 0.6) is 5.75 Å². The zero-order valence-electron chi connectivity index (χ0n) is 11.7. The van der Waals surface area contributed by atoms with E-state index in [1.807, 2.05) is 43.3 Å². The van der Waals surface area contributed by atoms with E-state index in [0.29, 0.717) is 17.7 Å². The molecule has 3 nitrogen and oxygen atoms in total. The van der Waals surface area contributed by atoms with Crippen molar-refractivity contribution in [2.75, 3.05) is 0 Å². The first-order chi connectivity index (χ1) is 10.2. The average molecular weight is 277 g/mol. The molecule has 0 fully saturated rings. The first kappa shape index (κ1) is 14.5. The van der Waals surface area contributed by atoms with Gasteiger partial charge in [0.25, 0.3) is 0 Å². The van der Waals surface area contributed by atoms with E-state index in [2.05, 4.69) is 6.07 Å². The molecule has 2 aromatic rings. The summed E-state index contributed by atoms with van der Waals surface area (Å²) in [6, 6.07) is 16.8. The van der Waals surface area contributed by atoms with Gasteiger partial charge in [0, 0.05) is 6.08 Å². The largest absolute Gasteiger partial charge is 0.422 e. The molecule has 0 heterocycles. The summed E-state index contributed by atoms with van der Waals surface area (Å²) in [4.78, 5) is 11.8. The van der Waals surface area contributed by atoms with Crippen LogP contribution in [0.2, 0.25) is 0 Å². The van der Waals surface area contributed by atoms with Crippen molar-refractivity contribution in [1.82, 2.24) is 0 Å². The van der Waals surface area contributed by atoms with E-state index in [9.17, 15) is 10.1 Å². The van der Waals surface area contributed by atoms with Gasteiger partial charge in [0.05, 0.1) is 5.56 Å². The fraction of sp³-hybridized carbons (Fsp3) is 0.111. The van der Waals surface area contributed by atoms with Crippen molar-refractivity contribution in [3.05, 3.63) is 71.3 Å². The zero-order valence-corrected chi connectivity index (χ0v) is 11.7. The number of ether oxygens (including phenoxy) is 1. The third-order valence-electron chi connectivity index (χ3n) is 3.03. The van der Waals surface area contributed by atoms with Gasteiger partial charge in [0.15, 0.2) is 0 Å². The van der Waals surface area contributed by atoms with Gasteiger partial charge in [-0.1, -0.05) is 49.4 Å². The van der Waals surface area contributed by atoms with Gasteiger partial charge in [-0.2, -0.15) is 5.26 Å². The summed E-state index contributed by atoms with van der Waals surface area (Å²) in [5.74, 6) is -0.192. The molecule has 2 rings (SSSR count). The van der Waals surface area contributed by atoms with E-state index >= 15 is 0 Å². The second-order valence-electron chi connectivity index (χ2n) is 4.42. The molecule has 0 aliphatic rings. The molecular weight excluding hydrogens is 262 g/mol. The predicted octanol–water partition coefficient (Wildman–Crippen LogP) is 3.74. The quantitative estimate of drug-likeness (QED) is 0.486. The highest BCUT2D eigenvalue weighted by Crippen LogP contribution is 2.22. The summed E-state index contributed by atoms with van der Waals surface area (Å²) >= 11 is 0. The summed E-state index contributed by atoms with van der Waals surface area (Å²) < 4.78 is 5.25. The highest BCUT2D eigenvalue weighted by molar-refractivity contribution is 5.89. The highest BCUT2D eigenvalue weighted by atomic mass is 16.5. The lowest BCUT2D eigenvalue weighted by Gasteiger charge is -2.07. The molecule has 0 aliphatic heterocycles. The lowest BCUT2D eigenvalue weighted by molar-refractivity contribution is -0.128. The maximum absolute atomic E-state index is 11.8. The molecule has 21 heavy (non-hydrogen) atoms. The SMILES string of the molecule is CCc1cccc(OC(=O)C=Cc2ccccc2)c1C#N. The highest BCUT2D eigenvalue weighted by Gasteiger charge is 2.10. The maximum Gasteiger partial charge on any atom is 0.336 e. The summed E-state index contributed by atoms with van der Waals surface area (Å²) in [6.07, 6.45) is 3.75. The molecular formula is C18H15NO2. The number of esters is 1. The van der Waals surface area contributed by atoms with Crippen molar-refractivity contribution in [2.45, 2.75) is 13.3 Å². The lowest BCUT2D eigenvalue weighted by Crippen LogP contribution is -2.06. The fourth-order valence-electron chi connectivity index (χ4n) is 1.95. The number of nitrogens with zero attached hydrogens (tertiary/aromatic N) is 1. The van der Waals surface area contributed by atoms with Crippen molar-refractivity contribution < 1.29 is 9.53 Å². The van der Waals surface area contributed by atoms with E-state index in [1.54, 1.807) is 18.2 Å². The Bertz CT molecular complexity index is 697. The topological polar surface area (TPSA) is 50.1 Å². The molecule has 0 spiro atoms. The van der Waals surface area contributed by atoms with Crippen LogP contribution in [-0.4, -0.2) is 5.97 Å². The van der Waals surface area contributed by atoms with E-state index < -0.39 is 5.97 Å². The smallest absolute Gasteiger partial charge is 0.336 e. The number of hydrogen-bond donors (Lipinski definition) is 0. The summed E-state index contributed by atoms with van der Waals surface area (Å²) in [6.45, 7) is 1.96. The van der Waals surface area contributed by atoms with Crippen molar-refractivity contribution in [3.63, 3.8) is 0 Å². The van der Waals surface area contributed by atoms with Gasteiger partial charge in [0.2, 0.25) is 0 Å². The molecule has 0 unspecified atom stereocenters. The van der Waals surface area contributed by atoms with Crippen LogP contribution in [0.4, 0.5) is 0 Å². The van der Waals surface area contributed by atoms with Gasteiger partial charge >= 0.3 is 5.97 Å². The van der Waals surface area contributed by atoms with Gasteiger partial charge < -0.3 is 4.74 Å². The Morgan fingerprint density at radius 2 is 1.95 bits per heavy atom. The second-order valence-corrected chi connectivity index (χ2v) is 4.42. The molecule has 0 N–H and O–H groups in total. The van der Waals surface area contributed by atoms with Crippen molar-refractivity contribution in [1.29, 1.82) is 5.26 Å². The first-order valence-corrected chi connectivity index (χ1v) is 6.71. The first-order valence-electron chi connectivity index (χ1n) is 6.71. The van der Waals surface area contributed by atoms with Crippen LogP contribution < -0.4 is 4.74 Å². The molecule has 0 saturated heterocycles. The monoisotopic (exact) mass is 277 g/mol. The Morgan fingerprint density at radius 3 is 2.62 bits per heavy atom. The third-order valence-corrected chi connectivity index (χ3v) is 3.03. The number of rotatable bonds is 4. The molecule has 0 amide bonds. The summed E-state index contributed by atoms with van der Waals surface area (Å²) in [5, 5.41) is 9.19. The Morgan fingerprint density at radius 1 is 1.19 bits per heavy atom. The van der Waals surface area contributed by atoms with E-state index in [4.69, 9.17) is 4.74 Å². The average Bonchev–Trinajstić information content (AvgIpc) is 2.53. The zero-order chi connectivity index (χ0) is 15.1. The molecule has 0 aromatic heterocycles. The second kappa shape index (κ2) is 7.06. The fourth-order valence-corrected chi connectivity index (χ4v) is 1.95. The van der Waals surface area contributed by atoms with E-state index in [-0.39, 0.29) is 0 Å². The van der Waals surface area contributed by atoms with Crippen molar-refractivity contribution >= 4 is 12.0 Å². The van der Waals surface area contributed by atoms with Gasteiger partial charge in [-0.15, -0.1) is 0 Å². The standard InChI is InChI=1S/C18H15NO2/c1-2-15-9-6-10-17(16(15)13-19)21-18(20)12-11-14-7-4-3-5-8-14/h3-12H,2H2,1H3. The minimum Gasteiger partial charge on any atom is -0.422 e. The minimum atomic E-state index is -0.497. The minimum absolute atomic E-state index is 0.305. The van der Waals surface area contributed by atoms with Crippen LogP contribution in [0, 0.1) is 11.3 Å². The Kier molecular flexibility index (Phi) is 4.89. The number of carbonyl (C=O) groups excluding carboxylic acids is 1. The van der Waals surface area contributed by atoms with Crippen LogP contribution in [-0.2, 0) is 11.2 Å². The molecule has 0 bridgehead atoms. The van der Waals surface area contributed by atoms with Crippen LogP contribution >= 0.6 is 0 Å². The number of hydrogen-bond acceptors (Lipinski definition) is 3. The molecule has 104 valence electrons. The van der Waals surface area contributed by atoms with Crippen LogP contribution in [0.15, 0.2) is 54.6 Å². The van der Waals surface area contributed by atoms with Crippen molar-refractivity contribution in [3.8, 4) is 11.8 Å². The number of carbonyl (C=O) groups is 1. The van der Waals surface area contributed by atoms with E-state index in [0.717, 1.165) is 11.1 Å². The van der Waals surface area contributed by atoms with E-state index in [1.165, 1.54) is 6.08 Å². The Hall–Kier alpha value is -2.86. The molecule has 0 atom stereocenters. The number of benzene rings is 2. The third kappa shape index (κ3) is 3.80. The molecule has 0 aliphatic carbocycles. The van der Waals surface area contributed by atoms with Crippen molar-refractivity contribution in [2.24, 2.45) is 0 Å². The predicted molar refractivity (Wildman–Crippen MR) is 81.6 cm³/mol. The normalized spacial score (nSPS) is 10.3. The maximum atomic E-state index is 11.8. The van der Waals surface area contributed by atoms with Crippen LogP contribution in [0.3, 0.4) is 0 Å². The summed E-state index contributed by atoms with van der Waals surface area (Å²) in [5.41, 5.74) is 2.20. The molecule has 0 saturated carbocycles. The molecule has 2 aromatic carbocycles. The van der Waals surface area contributed by atoms with Gasteiger partial charge in [-0.05, 0) is 29.7 Å². The van der Waals surface area contributed by atoms with Gasteiger partial charge in [0.1, 0.15) is 11.8 Å². The molecule has 0 radical (unpaired) electrons. The number of aryl methyl sites for hydroxylation is 1. The van der Waals surface area contributed by atoms with Crippen LogP contribution in [0.1, 0.15) is 23.6 Å². The van der Waals surface area contributed by atoms with Gasteiger partial charge in [-0.25, -0.2) is 4.79 Å². The van der Waals surface area contributed by atoms with Gasteiger partial charge in [-0.3, -0.25) is 0 Å².